The molecular weight excluding hydrogens is 241 g/mol. The van der Waals surface area contributed by atoms with Crippen LogP contribution in [0.4, 0.5) is 13.2 Å². The predicted octanol–water partition coefficient (Wildman–Crippen LogP) is 2.36. The maximum absolute atomic E-state index is 12.3. The van der Waals surface area contributed by atoms with Crippen LogP contribution in [-0.4, -0.2) is 17.0 Å². The second kappa shape index (κ2) is 4.81. The third-order valence-electron chi connectivity index (χ3n) is 1.75. The number of rotatable bonds is 3. The van der Waals surface area contributed by atoms with Gasteiger partial charge in [0.15, 0.2) is 0 Å². The molecule has 0 amide bonds. The predicted molar refractivity (Wildman–Crippen MR) is 51.8 cm³/mol. The van der Waals surface area contributed by atoms with Crippen molar-refractivity contribution in [1.29, 1.82) is 0 Å². The summed E-state index contributed by atoms with van der Waals surface area (Å²) in [7, 11) is 1.13. The summed E-state index contributed by atoms with van der Waals surface area (Å²) in [6, 6.07) is 1.77. The Hall–Kier alpha value is -2.12. The number of pyridine rings is 1. The number of hydrogen-bond acceptors (Lipinski definition) is 4. The maximum atomic E-state index is 12.3. The van der Waals surface area contributed by atoms with E-state index in [1.807, 2.05) is 0 Å². The lowest BCUT2D eigenvalue weighted by Crippen LogP contribution is -2.09. The summed E-state index contributed by atoms with van der Waals surface area (Å²) < 4.78 is 41.5. The van der Waals surface area contributed by atoms with E-state index in [2.05, 4.69) is 9.72 Å². The Morgan fingerprint density at radius 1 is 1.47 bits per heavy atom. The van der Waals surface area contributed by atoms with Crippen molar-refractivity contribution in [2.45, 2.75) is 6.18 Å². The number of aromatic nitrogens is 1. The van der Waals surface area contributed by atoms with Gasteiger partial charge in [0, 0.05) is 11.6 Å². The standard InChI is InChI=1S/C9H7F3N2O3/c1-17-8-6(4-5-14(15)16)2-3-7(13-8)9(10,11)12/h2-5H,1H3/b5-4+. The van der Waals surface area contributed by atoms with Gasteiger partial charge in [0.25, 0.3) is 0 Å². The van der Waals surface area contributed by atoms with Crippen LogP contribution in [0.5, 0.6) is 5.88 Å². The van der Waals surface area contributed by atoms with E-state index in [1.54, 1.807) is 0 Å². The molecule has 0 aliphatic rings. The lowest BCUT2D eigenvalue weighted by molar-refractivity contribution is -0.400. The summed E-state index contributed by atoms with van der Waals surface area (Å²) >= 11 is 0. The van der Waals surface area contributed by atoms with E-state index in [4.69, 9.17) is 0 Å². The molecule has 5 nitrogen and oxygen atoms in total. The molecule has 1 aromatic heterocycles. The van der Waals surface area contributed by atoms with Crippen molar-refractivity contribution in [1.82, 2.24) is 4.98 Å². The molecule has 1 rings (SSSR count). The summed E-state index contributed by atoms with van der Waals surface area (Å²) in [6.45, 7) is 0. The van der Waals surface area contributed by atoms with Gasteiger partial charge in [-0.25, -0.2) is 4.98 Å². The van der Waals surface area contributed by atoms with Crippen molar-refractivity contribution in [3.05, 3.63) is 39.7 Å². The molecule has 0 unspecified atom stereocenters. The fourth-order valence-electron chi connectivity index (χ4n) is 1.04. The van der Waals surface area contributed by atoms with Gasteiger partial charge in [-0.2, -0.15) is 13.2 Å². The normalized spacial score (nSPS) is 11.8. The van der Waals surface area contributed by atoms with Gasteiger partial charge in [0.2, 0.25) is 12.1 Å². The first-order valence-electron chi connectivity index (χ1n) is 4.28. The number of ether oxygens (including phenoxy) is 1. The number of nitro groups is 1. The molecular formula is C9H7F3N2O3. The molecule has 0 fully saturated rings. The Balaban J connectivity index is 3.14. The van der Waals surface area contributed by atoms with Crippen molar-refractivity contribution in [2.24, 2.45) is 0 Å². The van der Waals surface area contributed by atoms with Crippen molar-refractivity contribution in [2.75, 3.05) is 7.11 Å². The molecule has 1 heterocycles. The fraction of sp³-hybridized carbons (Fsp3) is 0.222. The van der Waals surface area contributed by atoms with Crippen LogP contribution in [-0.2, 0) is 6.18 Å². The third-order valence-corrected chi connectivity index (χ3v) is 1.75. The average Bonchev–Trinajstić information content (AvgIpc) is 2.24. The van der Waals surface area contributed by atoms with Crippen LogP contribution in [0, 0.1) is 10.1 Å². The molecule has 0 saturated carbocycles. The average molecular weight is 248 g/mol. The van der Waals surface area contributed by atoms with Gasteiger partial charge < -0.3 is 4.74 Å². The molecule has 0 atom stereocenters. The zero-order chi connectivity index (χ0) is 13.1. The highest BCUT2D eigenvalue weighted by Gasteiger charge is 2.33. The lowest BCUT2D eigenvalue weighted by Gasteiger charge is -2.08. The lowest BCUT2D eigenvalue weighted by atomic mass is 10.2. The molecule has 0 aliphatic heterocycles. The minimum Gasteiger partial charge on any atom is -0.481 e. The molecule has 92 valence electrons. The first-order chi connectivity index (χ1) is 7.84. The monoisotopic (exact) mass is 248 g/mol. The Morgan fingerprint density at radius 3 is 2.59 bits per heavy atom. The van der Waals surface area contributed by atoms with Crippen LogP contribution in [0.2, 0.25) is 0 Å². The summed E-state index contributed by atoms with van der Waals surface area (Å²) in [5.41, 5.74) is -1.02. The number of methoxy groups -OCH3 is 1. The van der Waals surface area contributed by atoms with E-state index in [9.17, 15) is 23.3 Å². The maximum Gasteiger partial charge on any atom is 0.433 e. The van der Waals surface area contributed by atoms with Crippen molar-refractivity contribution in [3.8, 4) is 5.88 Å². The summed E-state index contributed by atoms with van der Waals surface area (Å²) in [5, 5.41) is 10.1. The highest BCUT2D eigenvalue weighted by Crippen LogP contribution is 2.30. The zero-order valence-corrected chi connectivity index (χ0v) is 8.56. The number of nitrogens with zero attached hydrogens (tertiary/aromatic N) is 2. The smallest absolute Gasteiger partial charge is 0.433 e. The first-order valence-corrected chi connectivity index (χ1v) is 4.28. The topological polar surface area (TPSA) is 65.3 Å². The number of halogens is 3. The second-order valence-corrected chi connectivity index (χ2v) is 2.89. The molecule has 1 aromatic rings. The number of alkyl halides is 3. The van der Waals surface area contributed by atoms with Gasteiger partial charge in [-0.3, -0.25) is 10.1 Å². The molecule has 0 aliphatic carbocycles. The highest BCUT2D eigenvalue weighted by molar-refractivity contribution is 5.54. The van der Waals surface area contributed by atoms with Crippen LogP contribution in [0.25, 0.3) is 6.08 Å². The summed E-state index contributed by atoms with van der Waals surface area (Å²) in [5.74, 6) is -0.321. The highest BCUT2D eigenvalue weighted by atomic mass is 19.4. The van der Waals surface area contributed by atoms with Crippen LogP contribution in [0.1, 0.15) is 11.3 Å². The van der Waals surface area contributed by atoms with Gasteiger partial charge in [0.1, 0.15) is 5.69 Å². The van der Waals surface area contributed by atoms with Gasteiger partial charge in [0.05, 0.1) is 12.0 Å². The van der Waals surface area contributed by atoms with E-state index in [0.29, 0.717) is 6.20 Å². The molecule has 0 radical (unpaired) electrons. The van der Waals surface area contributed by atoms with Gasteiger partial charge in [-0.15, -0.1) is 0 Å². The van der Waals surface area contributed by atoms with Crippen LogP contribution >= 0.6 is 0 Å². The minimum absolute atomic E-state index is 0.0946. The molecule has 0 bridgehead atoms. The quantitative estimate of drug-likeness (QED) is 0.608. The molecule has 0 spiro atoms. The van der Waals surface area contributed by atoms with Crippen molar-refractivity contribution in [3.63, 3.8) is 0 Å². The minimum atomic E-state index is -4.58. The van der Waals surface area contributed by atoms with Gasteiger partial charge in [-0.05, 0) is 12.1 Å². The Kier molecular flexibility index (Phi) is 3.66. The van der Waals surface area contributed by atoms with Crippen molar-refractivity contribution >= 4 is 6.08 Å². The number of hydrogen-bond donors (Lipinski definition) is 0. The molecule has 0 aromatic carbocycles. The Morgan fingerprint density at radius 2 is 2.12 bits per heavy atom. The fourth-order valence-corrected chi connectivity index (χ4v) is 1.04. The Labute approximate surface area is 93.7 Å². The van der Waals surface area contributed by atoms with Crippen LogP contribution in [0.15, 0.2) is 18.3 Å². The second-order valence-electron chi connectivity index (χ2n) is 2.89. The van der Waals surface area contributed by atoms with E-state index in [0.717, 1.165) is 25.3 Å². The van der Waals surface area contributed by atoms with E-state index in [1.165, 1.54) is 0 Å². The molecule has 0 N–H and O–H groups in total. The summed E-state index contributed by atoms with van der Waals surface area (Å²) in [6.07, 6.45) is -2.99. The first kappa shape index (κ1) is 12.9. The van der Waals surface area contributed by atoms with Crippen LogP contribution in [0.3, 0.4) is 0 Å². The molecule has 8 heteroatoms. The SMILES string of the molecule is COc1nc(C(F)(F)F)ccc1/C=C/[N+](=O)[O-]. The zero-order valence-electron chi connectivity index (χ0n) is 8.56. The van der Waals surface area contributed by atoms with E-state index >= 15 is 0 Å². The molecule has 17 heavy (non-hydrogen) atoms. The van der Waals surface area contributed by atoms with Crippen molar-refractivity contribution < 1.29 is 22.8 Å². The largest absolute Gasteiger partial charge is 0.481 e. The summed E-state index contributed by atoms with van der Waals surface area (Å²) in [4.78, 5) is 12.6. The van der Waals surface area contributed by atoms with Gasteiger partial charge in [-0.1, -0.05) is 0 Å². The third kappa shape index (κ3) is 3.44. The van der Waals surface area contributed by atoms with E-state index in [-0.39, 0.29) is 11.4 Å². The van der Waals surface area contributed by atoms with Crippen LogP contribution < -0.4 is 4.74 Å². The van der Waals surface area contributed by atoms with E-state index < -0.39 is 16.8 Å². The molecule has 0 saturated heterocycles. The van der Waals surface area contributed by atoms with Gasteiger partial charge >= 0.3 is 6.18 Å². The Bertz CT molecular complexity index is 457.